The lowest BCUT2D eigenvalue weighted by Crippen LogP contribution is -2.43. The van der Waals surface area contributed by atoms with E-state index in [1.807, 2.05) is 6.07 Å². The zero-order chi connectivity index (χ0) is 11.7. The van der Waals surface area contributed by atoms with Gasteiger partial charge in [0.15, 0.2) is 0 Å². The van der Waals surface area contributed by atoms with Crippen LogP contribution in [-0.4, -0.2) is 18.5 Å². The lowest BCUT2D eigenvalue weighted by molar-refractivity contribution is -0.123. The Balaban J connectivity index is 1.55. The van der Waals surface area contributed by atoms with Crippen molar-refractivity contribution in [2.75, 3.05) is 6.54 Å². The second kappa shape index (κ2) is 4.53. The molecule has 1 aliphatic carbocycles. The zero-order valence-electron chi connectivity index (χ0n) is 9.82. The minimum Gasteiger partial charge on any atom is -0.472 e. The van der Waals surface area contributed by atoms with Crippen LogP contribution in [0.1, 0.15) is 24.8 Å². The summed E-state index contributed by atoms with van der Waals surface area (Å²) in [5.74, 6) is 1.42. The summed E-state index contributed by atoms with van der Waals surface area (Å²) in [6, 6.07) is 1.90. The van der Waals surface area contributed by atoms with Gasteiger partial charge >= 0.3 is 0 Å². The second-order valence-corrected chi connectivity index (χ2v) is 5.09. The minimum absolute atomic E-state index is 0.0226. The number of rotatable bonds is 3. The van der Waals surface area contributed by atoms with E-state index in [2.05, 4.69) is 10.6 Å². The lowest BCUT2D eigenvalue weighted by atomic mass is 9.93. The van der Waals surface area contributed by atoms with Crippen molar-refractivity contribution in [3.63, 3.8) is 0 Å². The molecule has 1 amide bonds. The van der Waals surface area contributed by atoms with Gasteiger partial charge in [0.25, 0.3) is 0 Å². The fraction of sp³-hybridized carbons (Fsp3) is 0.615. The van der Waals surface area contributed by atoms with Crippen molar-refractivity contribution in [3.8, 4) is 0 Å². The molecule has 17 heavy (non-hydrogen) atoms. The maximum absolute atomic E-state index is 12.1. The van der Waals surface area contributed by atoms with Gasteiger partial charge in [-0.1, -0.05) is 6.42 Å². The van der Waals surface area contributed by atoms with Gasteiger partial charge in [-0.3, -0.25) is 4.79 Å². The Morgan fingerprint density at radius 1 is 1.53 bits per heavy atom. The van der Waals surface area contributed by atoms with Gasteiger partial charge in [0.1, 0.15) is 0 Å². The molecule has 2 heterocycles. The van der Waals surface area contributed by atoms with Crippen LogP contribution in [0.5, 0.6) is 0 Å². The number of hydrogen-bond donors (Lipinski definition) is 2. The van der Waals surface area contributed by atoms with Gasteiger partial charge in [0, 0.05) is 12.1 Å². The van der Waals surface area contributed by atoms with Gasteiger partial charge in [-0.05, 0) is 37.3 Å². The van der Waals surface area contributed by atoms with Gasteiger partial charge in [-0.25, -0.2) is 0 Å². The van der Waals surface area contributed by atoms with Gasteiger partial charge in [0.2, 0.25) is 5.91 Å². The van der Waals surface area contributed by atoms with Crippen LogP contribution in [0.15, 0.2) is 23.0 Å². The number of furan rings is 1. The van der Waals surface area contributed by atoms with Crippen LogP contribution in [-0.2, 0) is 11.3 Å². The van der Waals surface area contributed by atoms with E-state index in [-0.39, 0.29) is 11.9 Å². The number of hydrogen-bond acceptors (Lipinski definition) is 3. The van der Waals surface area contributed by atoms with Crippen LogP contribution in [0.3, 0.4) is 0 Å². The largest absolute Gasteiger partial charge is 0.472 e. The molecule has 1 saturated heterocycles. The van der Waals surface area contributed by atoms with Crippen molar-refractivity contribution in [3.05, 3.63) is 24.2 Å². The Morgan fingerprint density at radius 2 is 2.47 bits per heavy atom. The van der Waals surface area contributed by atoms with Crippen molar-refractivity contribution < 1.29 is 9.21 Å². The highest BCUT2D eigenvalue weighted by molar-refractivity contribution is 5.82. The topological polar surface area (TPSA) is 54.3 Å². The molecule has 4 nitrogen and oxygen atoms in total. The molecule has 1 aromatic heterocycles. The maximum Gasteiger partial charge on any atom is 0.237 e. The van der Waals surface area contributed by atoms with E-state index in [0.717, 1.165) is 18.0 Å². The molecule has 1 aromatic rings. The number of amides is 1. The fourth-order valence-corrected chi connectivity index (χ4v) is 3.17. The third-order valence-corrected chi connectivity index (χ3v) is 4.08. The Labute approximate surface area is 101 Å². The summed E-state index contributed by atoms with van der Waals surface area (Å²) >= 11 is 0. The molecule has 1 saturated carbocycles. The molecule has 2 fully saturated rings. The molecule has 4 heteroatoms. The number of carbonyl (C=O) groups excluding carboxylic acids is 1. The zero-order valence-corrected chi connectivity index (χ0v) is 9.82. The van der Waals surface area contributed by atoms with E-state index in [9.17, 15) is 4.79 Å². The van der Waals surface area contributed by atoms with E-state index < -0.39 is 0 Å². The van der Waals surface area contributed by atoms with Gasteiger partial charge in [0.05, 0.1) is 18.6 Å². The van der Waals surface area contributed by atoms with E-state index in [0.29, 0.717) is 12.5 Å². The molecule has 3 atom stereocenters. The summed E-state index contributed by atoms with van der Waals surface area (Å²) in [6.45, 7) is 1.57. The van der Waals surface area contributed by atoms with E-state index >= 15 is 0 Å². The fourth-order valence-electron chi connectivity index (χ4n) is 3.17. The summed E-state index contributed by atoms with van der Waals surface area (Å²) < 4.78 is 4.97. The second-order valence-electron chi connectivity index (χ2n) is 5.09. The van der Waals surface area contributed by atoms with E-state index in [4.69, 9.17) is 4.42 Å². The van der Waals surface area contributed by atoms with Crippen molar-refractivity contribution in [2.24, 2.45) is 11.8 Å². The summed E-state index contributed by atoms with van der Waals surface area (Å²) in [5, 5.41) is 6.33. The summed E-state index contributed by atoms with van der Waals surface area (Å²) in [5.41, 5.74) is 1.01. The van der Waals surface area contributed by atoms with Crippen molar-refractivity contribution in [2.45, 2.75) is 31.8 Å². The van der Waals surface area contributed by atoms with Crippen LogP contribution in [0.25, 0.3) is 0 Å². The third-order valence-electron chi connectivity index (χ3n) is 4.08. The molecule has 0 bridgehead atoms. The molecule has 2 N–H and O–H groups in total. The predicted octanol–water partition coefficient (Wildman–Crippen LogP) is 1.28. The molecule has 0 aromatic carbocycles. The van der Waals surface area contributed by atoms with Crippen LogP contribution in [0.4, 0.5) is 0 Å². The van der Waals surface area contributed by atoms with Crippen LogP contribution < -0.4 is 10.6 Å². The monoisotopic (exact) mass is 234 g/mol. The van der Waals surface area contributed by atoms with Crippen molar-refractivity contribution in [1.82, 2.24) is 10.6 Å². The maximum atomic E-state index is 12.1. The highest BCUT2D eigenvalue weighted by atomic mass is 16.3. The van der Waals surface area contributed by atoms with E-state index in [1.54, 1.807) is 12.5 Å². The van der Waals surface area contributed by atoms with Crippen molar-refractivity contribution >= 4 is 5.91 Å². The van der Waals surface area contributed by atoms with Crippen LogP contribution in [0, 0.1) is 11.8 Å². The quantitative estimate of drug-likeness (QED) is 0.828. The first-order chi connectivity index (χ1) is 8.34. The SMILES string of the molecule is O=C(NCc1ccoc1)C1NCC2CCCC21. The van der Waals surface area contributed by atoms with Gasteiger partial charge < -0.3 is 15.1 Å². The van der Waals surface area contributed by atoms with E-state index in [1.165, 1.54) is 19.3 Å². The Hall–Kier alpha value is -1.29. The molecule has 2 aliphatic rings. The first-order valence-corrected chi connectivity index (χ1v) is 6.37. The molecule has 92 valence electrons. The number of nitrogens with one attached hydrogen (secondary N) is 2. The first kappa shape index (κ1) is 10.8. The van der Waals surface area contributed by atoms with Crippen LogP contribution in [0.2, 0.25) is 0 Å². The molecule has 1 aliphatic heterocycles. The average Bonchev–Trinajstić information content (AvgIpc) is 3.02. The molecular formula is C13H18N2O2. The van der Waals surface area contributed by atoms with Gasteiger partial charge in [-0.2, -0.15) is 0 Å². The highest BCUT2D eigenvalue weighted by Crippen LogP contribution is 2.37. The summed E-state index contributed by atoms with van der Waals surface area (Å²) in [4.78, 5) is 12.1. The molecule has 3 rings (SSSR count). The molecule has 3 unspecified atom stereocenters. The minimum atomic E-state index is 0.0226. The molecule has 0 spiro atoms. The van der Waals surface area contributed by atoms with Gasteiger partial charge in [-0.15, -0.1) is 0 Å². The summed E-state index contributed by atoms with van der Waals surface area (Å²) in [6.07, 6.45) is 7.05. The Bertz CT molecular complexity index is 388. The average molecular weight is 234 g/mol. The highest BCUT2D eigenvalue weighted by Gasteiger charge is 2.42. The Kier molecular flexibility index (Phi) is 2.89. The first-order valence-electron chi connectivity index (χ1n) is 6.37. The molecular weight excluding hydrogens is 216 g/mol. The summed E-state index contributed by atoms with van der Waals surface area (Å²) in [7, 11) is 0. The normalized spacial score (nSPS) is 31.4. The van der Waals surface area contributed by atoms with Crippen LogP contribution >= 0.6 is 0 Å². The molecule has 0 radical (unpaired) electrons. The predicted molar refractivity (Wildman–Crippen MR) is 63.2 cm³/mol. The number of carbonyl (C=O) groups is 1. The number of fused-ring (bicyclic) bond motifs is 1. The third kappa shape index (κ3) is 2.09. The standard InChI is InChI=1S/C13H18N2O2/c16-13(15-6-9-4-5-17-8-9)12-11-3-1-2-10(11)7-14-12/h4-5,8,10-12,14H,1-3,6-7H2,(H,15,16). The lowest BCUT2D eigenvalue weighted by Gasteiger charge is -2.17. The van der Waals surface area contributed by atoms with Crippen molar-refractivity contribution in [1.29, 1.82) is 0 Å². The smallest absolute Gasteiger partial charge is 0.237 e. The Morgan fingerprint density at radius 3 is 3.29 bits per heavy atom.